The van der Waals surface area contributed by atoms with Crippen molar-refractivity contribution >= 4 is 17.5 Å². The molecule has 0 N–H and O–H groups in total. The molecule has 4 rings (SSSR count). The van der Waals surface area contributed by atoms with Gasteiger partial charge in [0.25, 0.3) is 5.22 Å². The summed E-state index contributed by atoms with van der Waals surface area (Å²) in [7, 11) is 0. The molecule has 3 aromatic rings. The quantitative estimate of drug-likeness (QED) is 0.479. The van der Waals surface area contributed by atoms with Gasteiger partial charge in [0.1, 0.15) is 0 Å². The molecule has 1 aliphatic rings. The van der Waals surface area contributed by atoms with Crippen LogP contribution in [0.2, 0.25) is 0 Å². The van der Waals surface area contributed by atoms with Crippen LogP contribution in [0.1, 0.15) is 17.3 Å². The van der Waals surface area contributed by atoms with Crippen molar-refractivity contribution in [3.8, 4) is 23.0 Å². The highest BCUT2D eigenvalue weighted by Crippen LogP contribution is 2.36. The van der Waals surface area contributed by atoms with E-state index in [4.69, 9.17) is 13.9 Å². The van der Waals surface area contributed by atoms with Crippen molar-refractivity contribution in [2.75, 3.05) is 6.79 Å². The minimum Gasteiger partial charge on any atom is -0.454 e. The summed E-state index contributed by atoms with van der Waals surface area (Å²) in [6.07, 6.45) is 0. The van der Waals surface area contributed by atoms with Crippen LogP contribution in [0.3, 0.4) is 0 Å². The van der Waals surface area contributed by atoms with Crippen LogP contribution in [-0.2, 0) is 0 Å². The first-order valence-corrected chi connectivity index (χ1v) is 8.78. The largest absolute Gasteiger partial charge is 0.454 e. The first kappa shape index (κ1) is 17.5. The molecular formula is C18H12F2N2O4S. The van der Waals surface area contributed by atoms with E-state index in [2.05, 4.69) is 10.2 Å². The molecule has 0 unspecified atom stereocenters. The average Bonchev–Trinajstić information content (AvgIpc) is 3.31. The highest BCUT2D eigenvalue weighted by atomic mass is 32.2. The van der Waals surface area contributed by atoms with E-state index < -0.39 is 16.9 Å². The molecule has 2 heterocycles. The molecule has 0 saturated carbocycles. The van der Waals surface area contributed by atoms with Crippen molar-refractivity contribution in [2.24, 2.45) is 0 Å². The lowest BCUT2D eigenvalue weighted by molar-refractivity contribution is 0.0993. The molecule has 0 aliphatic carbocycles. The van der Waals surface area contributed by atoms with Crippen molar-refractivity contribution in [1.29, 1.82) is 0 Å². The predicted molar refractivity (Wildman–Crippen MR) is 91.9 cm³/mol. The minimum absolute atomic E-state index is 0.0735. The highest BCUT2D eigenvalue weighted by Gasteiger charge is 2.22. The molecule has 9 heteroatoms. The number of Topliss-reactive ketones (excluding diaryl/α,β-unsaturated/α-hetero) is 1. The molecule has 1 aliphatic heterocycles. The SMILES string of the molecule is C[C@H](Sc1nnc(-c2ccc3c(c2)OCO3)o1)C(=O)c1ccc(F)c(F)c1. The highest BCUT2D eigenvalue weighted by molar-refractivity contribution is 8.00. The monoisotopic (exact) mass is 390 g/mol. The van der Waals surface area contributed by atoms with Crippen LogP contribution in [0.4, 0.5) is 8.78 Å². The topological polar surface area (TPSA) is 74.5 Å². The van der Waals surface area contributed by atoms with Gasteiger partial charge in [-0.05, 0) is 43.3 Å². The number of thioether (sulfide) groups is 1. The second-order valence-corrected chi connectivity index (χ2v) is 6.99. The number of hydrogen-bond acceptors (Lipinski definition) is 7. The second kappa shape index (κ2) is 6.99. The molecular weight excluding hydrogens is 378 g/mol. The Labute approximate surface area is 156 Å². The number of benzene rings is 2. The molecule has 138 valence electrons. The van der Waals surface area contributed by atoms with Gasteiger partial charge in [-0.2, -0.15) is 0 Å². The minimum atomic E-state index is -1.07. The summed E-state index contributed by atoms with van der Waals surface area (Å²) < 4.78 is 42.5. The Morgan fingerprint density at radius 2 is 1.89 bits per heavy atom. The van der Waals surface area contributed by atoms with Gasteiger partial charge in [0.05, 0.1) is 5.25 Å². The van der Waals surface area contributed by atoms with E-state index >= 15 is 0 Å². The molecule has 1 atom stereocenters. The second-order valence-electron chi connectivity index (χ2n) is 5.69. The summed E-state index contributed by atoms with van der Waals surface area (Å²) >= 11 is 1.04. The number of carbonyl (C=O) groups excluding carboxylic acids is 1. The fourth-order valence-electron chi connectivity index (χ4n) is 2.49. The van der Waals surface area contributed by atoms with Gasteiger partial charge < -0.3 is 13.9 Å². The van der Waals surface area contributed by atoms with Crippen LogP contribution in [0.25, 0.3) is 11.5 Å². The molecule has 0 radical (unpaired) electrons. The van der Waals surface area contributed by atoms with Gasteiger partial charge in [0.15, 0.2) is 28.9 Å². The maximum Gasteiger partial charge on any atom is 0.277 e. The van der Waals surface area contributed by atoms with Crippen LogP contribution < -0.4 is 9.47 Å². The van der Waals surface area contributed by atoms with E-state index in [1.165, 1.54) is 6.07 Å². The van der Waals surface area contributed by atoms with Crippen molar-refractivity contribution < 1.29 is 27.5 Å². The van der Waals surface area contributed by atoms with Crippen molar-refractivity contribution in [3.05, 3.63) is 53.6 Å². The van der Waals surface area contributed by atoms with E-state index in [0.29, 0.717) is 17.1 Å². The zero-order valence-electron chi connectivity index (χ0n) is 13.9. The number of carbonyl (C=O) groups is 1. The number of hydrogen-bond donors (Lipinski definition) is 0. The summed E-state index contributed by atoms with van der Waals surface area (Å²) in [6, 6.07) is 8.25. The number of aromatic nitrogens is 2. The first-order valence-electron chi connectivity index (χ1n) is 7.91. The number of rotatable bonds is 5. The zero-order chi connectivity index (χ0) is 19.0. The maximum atomic E-state index is 13.3. The fourth-order valence-corrected chi connectivity index (χ4v) is 3.25. The van der Waals surface area contributed by atoms with Crippen LogP contribution in [0.5, 0.6) is 11.5 Å². The van der Waals surface area contributed by atoms with Crippen LogP contribution >= 0.6 is 11.8 Å². The zero-order valence-corrected chi connectivity index (χ0v) is 14.8. The van der Waals surface area contributed by atoms with Crippen molar-refractivity contribution in [1.82, 2.24) is 10.2 Å². The molecule has 0 spiro atoms. The summed E-state index contributed by atoms with van der Waals surface area (Å²) in [5.74, 6) is -0.955. The Bertz CT molecular complexity index is 1020. The lowest BCUT2D eigenvalue weighted by Gasteiger charge is -2.07. The van der Waals surface area contributed by atoms with Gasteiger partial charge >= 0.3 is 0 Å². The third kappa shape index (κ3) is 3.50. The van der Waals surface area contributed by atoms with Gasteiger partial charge in [-0.3, -0.25) is 4.79 Å². The average molecular weight is 390 g/mol. The van der Waals surface area contributed by atoms with E-state index in [9.17, 15) is 13.6 Å². The van der Waals surface area contributed by atoms with Gasteiger partial charge in [0, 0.05) is 11.1 Å². The number of ketones is 1. The van der Waals surface area contributed by atoms with Crippen LogP contribution in [-0.4, -0.2) is 28.0 Å². The summed E-state index contributed by atoms with van der Waals surface area (Å²) in [5.41, 5.74) is 0.725. The number of nitrogens with zero attached hydrogens (tertiary/aromatic N) is 2. The van der Waals surface area contributed by atoms with Gasteiger partial charge in [-0.25, -0.2) is 8.78 Å². The Kier molecular flexibility index (Phi) is 4.53. The smallest absolute Gasteiger partial charge is 0.277 e. The summed E-state index contributed by atoms with van der Waals surface area (Å²) in [5, 5.41) is 7.45. The van der Waals surface area contributed by atoms with Crippen LogP contribution in [0, 0.1) is 11.6 Å². The van der Waals surface area contributed by atoms with Crippen molar-refractivity contribution in [2.45, 2.75) is 17.4 Å². The molecule has 27 heavy (non-hydrogen) atoms. The normalized spacial score (nSPS) is 13.6. The number of fused-ring (bicyclic) bond motifs is 1. The van der Waals surface area contributed by atoms with E-state index in [0.717, 1.165) is 23.9 Å². The van der Waals surface area contributed by atoms with E-state index in [1.807, 2.05) is 0 Å². The molecule has 0 bridgehead atoms. The Morgan fingerprint density at radius 3 is 2.70 bits per heavy atom. The standard InChI is InChI=1S/C18H12F2N2O4S/c1-9(16(23)10-2-4-12(19)13(20)6-10)27-18-22-21-17(26-18)11-3-5-14-15(7-11)25-8-24-14/h2-7,9H,8H2,1H3/t9-/m0/s1. The molecule has 2 aromatic carbocycles. The number of halogens is 2. The summed E-state index contributed by atoms with van der Waals surface area (Å²) in [6.45, 7) is 1.78. The summed E-state index contributed by atoms with van der Waals surface area (Å²) in [4.78, 5) is 12.4. The Balaban J connectivity index is 1.48. The lowest BCUT2D eigenvalue weighted by atomic mass is 10.1. The third-order valence-electron chi connectivity index (χ3n) is 3.88. The molecule has 0 fully saturated rings. The first-order chi connectivity index (χ1) is 13.0. The van der Waals surface area contributed by atoms with Crippen LogP contribution in [0.15, 0.2) is 46.0 Å². The van der Waals surface area contributed by atoms with Gasteiger partial charge in [-0.1, -0.05) is 11.8 Å². The van der Waals surface area contributed by atoms with E-state index in [-0.39, 0.29) is 29.3 Å². The van der Waals surface area contributed by atoms with Gasteiger partial charge in [-0.15, -0.1) is 10.2 Å². The van der Waals surface area contributed by atoms with Crippen molar-refractivity contribution in [3.63, 3.8) is 0 Å². The third-order valence-corrected chi connectivity index (χ3v) is 4.81. The molecule has 1 aromatic heterocycles. The Morgan fingerprint density at radius 1 is 1.07 bits per heavy atom. The Hall–Kier alpha value is -2.94. The van der Waals surface area contributed by atoms with Gasteiger partial charge in [0.2, 0.25) is 12.7 Å². The fraction of sp³-hybridized carbons (Fsp3) is 0.167. The predicted octanol–water partition coefficient (Wildman–Crippen LogP) is 4.11. The molecule has 6 nitrogen and oxygen atoms in total. The maximum absolute atomic E-state index is 13.3. The number of ether oxygens (including phenoxy) is 2. The lowest BCUT2D eigenvalue weighted by Crippen LogP contribution is -2.14. The van der Waals surface area contributed by atoms with E-state index in [1.54, 1.807) is 25.1 Å². The molecule has 0 saturated heterocycles. The molecule has 0 amide bonds.